The average Bonchev–Trinajstić information content (AvgIpc) is 2.53. The zero-order chi connectivity index (χ0) is 13.8. The molecule has 1 heterocycles. The van der Waals surface area contributed by atoms with E-state index >= 15 is 0 Å². The lowest BCUT2D eigenvalue weighted by Crippen LogP contribution is -2.41. The van der Waals surface area contributed by atoms with Crippen molar-refractivity contribution in [3.8, 4) is 0 Å². The quantitative estimate of drug-likeness (QED) is 0.888. The van der Waals surface area contributed by atoms with E-state index in [2.05, 4.69) is 34.9 Å². The molecule has 1 aromatic rings. The van der Waals surface area contributed by atoms with Gasteiger partial charge in [0.15, 0.2) is 0 Å². The Labute approximate surface area is 121 Å². The van der Waals surface area contributed by atoms with Crippen molar-refractivity contribution in [3.05, 3.63) is 35.4 Å². The zero-order valence-corrected chi connectivity index (χ0v) is 12.0. The summed E-state index contributed by atoms with van der Waals surface area (Å²) in [6.07, 6.45) is 6.94. The molecule has 3 heteroatoms. The maximum Gasteiger partial charge on any atom is 0.223 e. The summed E-state index contributed by atoms with van der Waals surface area (Å²) in [5.41, 5.74) is 2.77. The lowest BCUT2D eigenvalue weighted by molar-refractivity contribution is -0.126. The van der Waals surface area contributed by atoms with Crippen molar-refractivity contribution in [1.29, 1.82) is 0 Å². The van der Waals surface area contributed by atoms with Crippen LogP contribution < -0.4 is 10.6 Å². The third kappa shape index (κ3) is 3.04. The number of rotatable bonds is 3. The summed E-state index contributed by atoms with van der Waals surface area (Å²) in [7, 11) is 0. The number of nitrogens with one attached hydrogen (secondary N) is 2. The summed E-state index contributed by atoms with van der Waals surface area (Å²) in [4.78, 5) is 12.2. The summed E-state index contributed by atoms with van der Waals surface area (Å²) in [5, 5.41) is 6.68. The highest BCUT2D eigenvalue weighted by Gasteiger charge is 2.23. The predicted molar refractivity (Wildman–Crippen MR) is 80.5 cm³/mol. The van der Waals surface area contributed by atoms with E-state index in [1.807, 2.05) is 0 Å². The fraction of sp³-hybridized carbons (Fsp3) is 0.588. The fourth-order valence-corrected chi connectivity index (χ4v) is 3.49. The Kier molecular flexibility index (Phi) is 4.36. The second-order valence-electron chi connectivity index (χ2n) is 6.04. The largest absolute Gasteiger partial charge is 0.354 e. The van der Waals surface area contributed by atoms with Crippen LogP contribution in [0.4, 0.5) is 0 Å². The van der Waals surface area contributed by atoms with E-state index in [9.17, 15) is 4.79 Å². The third-order valence-electron chi connectivity index (χ3n) is 4.67. The van der Waals surface area contributed by atoms with Crippen LogP contribution in [-0.4, -0.2) is 19.0 Å². The highest BCUT2D eigenvalue weighted by molar-refractivity contribution is 5.78. The first-order valence-corrected chi connectivity index (χ1v) is 7.93. The molecule has 3 rings (SSSR count). The van der Waals surface area contributed by atoms with E-state index in [1.165, 1.54) is 30.4 Å². The van der Waals surface area contributed by atoms with Crippen molar-refractivity contribution in [3.63, 3.8) is 0 Å². The van der Waals surface area contributed by atoms with Gasteiger partial charge in [-0.05, 0) is 36.9 Å². The molecule has 0 spiro atoms. The van der Waals surface area contributed by atoms with E-state index < -0.39 is 0 Å². The molecular formula is C17H24N2O. The molecule has 1 atom stereocenters. The Morgan fingerprint density at radius 2 is 2.00 bits per heavy atom. The van der Waals surface area contributed by atoms with Crippen molar-refractivity contribution in [2.45, 2.75) is 44.6 Å². The Morgan fingerprint density at radius 3 is 2.85 bits per heavy atom. The van der Waals surface area contributed by atoms with Gasteiger partial charge in [0, 0.05) is 18.5 Å². The van der Waals surface area contributed by atoms with Gasteiger partial charge >= 0.3 is 0 Å². The number of fused-ring (bicyclic) bond motifs is 1. The van der Waals surface area contributed by atoms with Crippen LogP contribution in [-0.2, 0) is 11.2 Å². The van der Waals surface area contributed by atoms with Crippen LogP contribution in [0.3, 0.4) is 0 Å². The van der Waals surface area contributed by atoms with Gasteiger partial charge in [-0.25, -0.2) is 0 Å². The Morgan fingerprint density at radius 1 is 1.20 bits per heavy atom. The highest BCUT2D eigenvalue weighted by Crippen LogP contribution is 2.25. The number of carbonyl (C=O) groups is 1. The number of hydrogen-bond donors (Lipinski definition) is 2. The van der Waals surface area contributed by atoms with Crippen LogP contribution in [0.2, 0.25) is 0 Å². The molecule has 1 fully saturated rings. The molecule has 0 unspecified atom stereocenters. The number of hydrogen-bond acceptors (Lipinski definition) is 2. The van der Waals surface area contributed by atoms with Crippen molar-refractivity contribution >= 4 is 5.91 Å². The van der Waals surface area contributed by atoms with Crippen LogP contribution in [0.1, 0.15) is 49.3 Å². The maximum absolute atomic E-state index is 12.2. The van der Waals surface area contributed by atoms with Gasteiger partial charge in [-0.2, -0.15) is 0 Å². The molecule has 0 bridgehead atoms. The maximum atomic E-state index is 12.2. The summed E-state index contributed by atoms with van der Waals surface area (Å²) in [6, 6.07) is 8.83. The molecule has 108 valence electrons. The van der Waals surface area contributed by atoms with Gasteiger partial charge < -0.3 is 10.6 Å². The van der Waals surface area contributed by atoms with Gasteiger partial charge in [0.1, 0.15) is 0 Å². The molecule has 2 N–H and O–H groups in total. The SMILES string of the molecule is O=C(NC[C@H]1NCCc2ccccc21)C1CCCCC1. The summed E-state index contributed by atoms with van der Waals surface area (Å²) in [6.45, 7) is 1.72. The van der Waals surface area contributed by atoms with Gasteiger partial charge in [0.05, 0.1) is 0 Å². The van der Waals surface area contributed by atoms with Crippen molar-refractivity contribution in [2.24, 2.45) is 5.92 Å². The third-order valence-corrected chi connectivity index (χ3v) is 4.67. The van der Waals surface area contributed by atoms with E-state index in [0.717, 1.165) is 25.8 Å². The van der Waals surface area contributed by atoms with Gasteiger partial charge in [-0.15, -0.1) is 0 Å². The molecule has 2 aliphatic rings. The van der Waals surface area contributed by atoms with Crippen LogP contribution in [0.25, 0.3) is 0 Å². The normalized spacial score (nSPS) is 23.1. The molecule has 1 aromatic carbocycles. The first-order chi connectivity index (χ1) is 9.84. The standard InChI is InChI=1S/C17H24N2O/c20-17(14-7-2-1-3-8-14)19-12-16-15-9-5-4-6-13(15)10-11-18-16/h4-6,9,14,16,18H,1-3,7-8,10-12H2,(H,19,20)/t16-/m1/s1. The van der Waals surface area contributed by atoms with Crippen molar-refractivity contribution in [1.82, 2.24) is 10.6 Å². The van der Waals surface area contributed by atoms with Gasteiger partial charge in [0.25, 0.3) is 0 Å². The van der Waals surface area contributed by atoms with E-state index in [0.29, 0.717) is 6.54 Å². The monoisotopic (exact) mass is 272 g/mol. The first-order valence-electron chi connectivity index (χ1n) is 7.93. The second kappa shape index (κ2) is 6.40. The summed E-state index contributed by atoms with van der Waals surface area (Å²) < 4.78 is 0. The second-order valence-corrected chi connectivity index (χ2v) is 6.04. The minimum Gasteiger partial charge on any atom is -0.354 e. The minimum atomic E-state index is 0.252. The molecular weight excluding hydrogens is 248 g/mol. The Bertz CT molecular complexity index is 466. The molecule has 0 radical (unpaired) electrons. The molecule has 1 amide bonds. The molecule has 1 aliphatic heterocycles. The van der Waals surface area contributed by atoms with Crippen LogP contribution in [0.5, 0.6) is 0 Å². The van der Waals surface area contributed by atoms with Gasteiger partial charge in [-0.1, -0.05) is 43.5 Å². The van der Waals surface area contributed by atoms with E-state index in [1.54, 1.807) is 0 Å². The average molecular weight is 272 g/mol. The summed E-state index contributed by atoms with van der Waals surface area (Å²) in [5.74, 6) is 0.511. The molecule has 1 saturated carbocycles. The zero-order valence-electron chi connectivity index (χ0n) is 12.0. The van der Waals surface area contributed by atoms with Crippen LogP contribution in [0.15, 0.2) is 24.3 Å². The Hall–Kier alpha value is -1.35. The minimum absolute atomic E-state index is 0.252. The molecule has 0 aromatic heterocycles. The van der Waals surface area contributed by atoms with E-state index in [4.69, 9.17) is 0 Å². The molecule has 3 nitrogen and oxygen atoms in total. The number of benzene rings is 1. The Balaban J connectivity index is 1.57. The van der Waals surface area contributed by atoms with Crippen LogP contribution >= 0.6 is 0 Å². The topological polar surface area (TPSA) is 41.1 Å². The highest BCUT2D eigenvalue weighted by atomic mass is 16.1. The lowest BCUT2D eigenvalue weighted by atomic mass is 9.88. The number of amides is 1. The molecule has 20 heavy (non-hydrogen) atoms. The predicted octanol–water partition coefficient (Wildman–Crippen LogP) is 2.57. The smallest absolute Gasteiger partial charge is 0.223 e. The van der Waals surface area contributed by atoms with Crippen molar-refractivity contribution in [2.75, 3.05) is 13.1 Å². The molecule has 0 saturated heterocycles. The van der Waals surface area contributed by atoms with Crippen LogP contribution in [0, 0.1) is 5.92 Å². The lowest BCUT2D eigenvalue weighted by Gasteiger charge is -2.28. The van der Waals surface area contributed by atoms with E-state index in [-0.39, 0.29) is 17.9 Å². The fourth-order valence-electron chi connectivity index (χ4n) is 3.49. The number of carbonyl (C=O) groups excluding carboxylic acids is 1. The summed E-state index contributed by atoms with van der Waals surface area (Å²) >= 11 is 0. The van der Waals surface area contributed by atoms with Gasteiger partial charge in [0.2, 0.25) is 5.91 Å². The molecule has 1 aliphatic carbocycles. The van der Waals surface area contributed by atoms with Crippen molar-refractivity contribution < 1.29 is 4.79 Å². The van der Waals surface area contributed by atoms with Gasteiger partial charge in [-0.3, -0.25) is 4.79 Å². The first kappa shape index (κ1) is 13.6.